The molecule has 31 heavy (non-hydrogen) atoms. The molecule has 0 aliphatic carbocycles. The summed E-state index contributed by atoms with van der Waals surface area (Å²) in [7, 11) is 1.83. The molecule has 0 radical (unpaired) electrons. The average Bonchev–Trinajstić information content (AvgIpc) is 3.20. The molecule has 0 amide bonds. The Kier molecular flexibility index (Phi) is 7.31. The van der Waals surface area contributed by atoms with E-state index in [4.69, 9.17) is 4.74 Å². The Labute approximate surface area is 183 Å². The van der Waals surface area contributed by atoms with Gasteiger partial charge in [-0.3, -0.25) is 4.68 Å². The number of ether oxygens (including phenoxy) is 1. The maximum Gasteiger partial charge on any atom is 0.191 e. The van der Waals surface area contributed by atoms with Gasteiger partial charge in [0.25, 0.3) is 0 Å². The van der Waals surface area contributed by atoms with E-state index >= 15 is 0 Å². The third-order valence-corrected chi connectivity index (χ3v) is 4.90. The molecule has 1 heterocycles. The number of hydrogen-bond acceptors (Lipinski definition) is 4. The van der Waals surface area contributed by atoms with Crippen molar-refractivity contribution in [3.05, 3.63) is 77.6 Å². The highest BCUT2D eigenvalue weighted by atomic mass is 16.5. The van der Waals surface area contributed by atoms with Gasteiger partial charge in [-0.25, -0.2) is 4.99 Å². The fourth-order valence-corrected chi connectivity index (χ4v) is 3.03. The smallest absolute Gasteiger partial charge is 0.191 e. The number of aryl methyl sites for hydroxylation is 2. The van der Waals surface area contributed by atoms with Gasteiger partial charge in [0.1, 0.15) is 17.1 Å². The molecule has 1 unspecified atom stereocenters. The Hall–Kier alpha value is -3.32. The molecular formula is C24H31N5O2. The molecule has 0 saturated carbocycles. The lowest BCUT2D eigenvalue weighted by Gasteiger charge is -2.23. The molecule has 3 rings (SSSR count). The molecule has 0 fully saturated rings. The highest BCUT2D eigenvalue weighted by molar-refractivity contribution is 5.79. The highest BCUT2D eigenvalue weighted by Gasteiger charge is 2.25. The second kappa shape index (κ2) is 10.1. The van der Waals surface area contributed by atoms with E-state index < -0.39 is 5.60 Å². The Bertz CT molecular complexity index is 1010. The number of aromatic nitrogens is 2. The molecule has 3 aromatic rings. The van der Waals surface area contributed by atoms with Crippen LogP contribution in [0.4, 0.5) is 0 Å². The van der Waals surface area contributed by atoms with Crippen molar-refractivity contribution < 1.29 is 9.84 Å². The number of nitrogens with one attached hydrogen (secondary N) is 2. The normalized spacial score (nSPS) is 13.5. The standard InChI is InChI=1S/C24H31N5O2/c1-5-25-23(27-17-24(3,30)20-15-28-29(4)16-20)26-14-19-8-6-7-9-22(19)31-21-12-10-18(2)11-13-21/h6-13,15-16,30H,5,14,17H2,1-4H3,(H2,25,26,27). The third kappa shape index (κ3) is 6.33. The summed E-state index contributed by atoms with van der Waals surface area (Å²) in [5.74, 6) is 2.18. The molecule has 1 atom stereocenters. The summed E-state index contributed by atoms with van der Waals surface area (Å²) in [6.07, 6.45) is 3.48. The third-order valence-electron chi connectivity index (χ3n) is 4.90. The lowest BCUT2D eigenvalue weighted by atomic mass is 10.00. The Morgan fingerprint density at radius 3 is 2.58 bits per heavy atom. The van der Waals surface area contributed by atoms with Crippen molar-refractivity contribution in [2.75, 3.05) is 13.1 Å². The van der Waals surface area contributed by atoms with E-state index in [1.165, 1.54) is 5.56 Å². The predicted molar refractivity (Wildman–Crippen MR) is 123 cm³/mol. The van der Waals surface area contributed by atoms with Crippen molar-refractivity contribution in [2.24, 2.45) is 12.0 Å². The van der Waals surface area contributed by atoms with Crippen molar-refractivity contribution >= 4 is 5.96 Å². The fraction of sp³-hybridized carbons (Fsp3) is 0.333. The molecule has 0 saturated heterocycles. The van der Waals surface area contributed by atoms with Gasteiger partial charge < -0.3 is 20.5 Å². The van der Waals surface area contributed by atoms with Gasteiger partial charge in [-0.05, 0) is 39.0 Å². The number of benzene rings is 2. The molecule has 0 aliphatic heterocycles. The van der Waals surface area contributed by atoms with Crippen molar-refractivity contribution in [3.8, 4) is 11.5 Å². The lowest BCUT2D eigenvalue weighted by Crippen LogP contribution is -2.44. The number of para-hydroxylation sites is 1. The summed E-state index contributed by atoms with van der Waals surface area (Å²) >= 11 is 0. The zero-order valence-electron chi connectivity index (χ0n) is 18.6. The first-order valence-electron chi connectivity index (χ1n) is 10.4. The first-order valence-corrected chi connectivity index (χ1v) is 10.4. The van der Waals surface area contributed by atoms with Crippen LogP contribution in [0.5, 0.6) is 11.5 Å². The van der Waals surface area contributed by atoms with Gasteiger partial charge in [0.05, 0.1) is 19.3 Å². The van der Waals surface area contributed by atoms with Crippen LogP contribution in [0, 0.1) is 6.92 Å². The van der Waals surface area contributed by atoms with E-state index in [-0.39, 0.29) is 0 Å². The topological polar surface area (TPSA) is 83.7 Å². The van der Waals surface area contributed by atoms with Crippen LogP contribution in [-0.4, -0.2) is 33.9 Å². The van der Waals surface area contributed by atoms with Crippen LogP contribution in [0.3, 0.4) is 0 Å². The minimum atomic E-state index is -1.07. The minimum Gasteiger partial charge on any atom is -0.457 e. The average molecular weight is 422 g/mol. The number of rotatable bonds is 8. The van der Waals surface area contributed by atoms with Gasteiger partial charge in [-0.2, -0.15) is 5.10 Å². The summed E-state index contributed by atoms with van der Waals surface area (Å²) < 4.78 is 7.75. The largest absolute Gasteiger partial charge is 0.457 e. The number of aliphatic hydroxyl groups is 1. The van der Waals surface area contributed by atoms with Crippen LogP contribution in [0.1, 0.15) is 30.5 Å². The Balaban J connectivity index is 1.69. The summed E-state index contributed by atoms with van der Waals surface area (Å²) in [6.45, 7) is 7.25. The second-order valence-electron chi connectivity index (χ2n) is 7.75. The fourth-order valence-electron chi connectivity index (χ4n) is 3.03. The number of guanidine groups is 1. The van der Waals surface area contributed by atoms with E-state index in [0.717, 1.165) is 22.6 Å². The molecule has 0 spiro atoms. The first-order chi connectivity index (χ1) is 14.9. The minimum absolute atomic E-state index is 0.298. The summed E-state index contributed by atoms with van der Waals surface area (Å²) in [5.41, 5.74) is 1.83. The van der Waals surface area contributed by atoms with Gasteiger partial charge in [0, 0.05) is 30.9 Å². The maximum atomic E-state index is 10.8. The monoisotopic (exact) mass is 421 g/mol. The van der Waals surface area contributed by atoms with Crippen molar-refractivity contribution in [3.63, 3.8) is 0 Å². The van der Waals surface area contributed by atoms with Crippen LogP contribution in [-0.2, 0) is 19.2 Å². The Morgan fingerprint density at radius 1 is 1.16 bits per heavy atom. The van der Waals surface area contributed by atoms with Crippen LogP contribution < -0.4 is 15.4 Å². The molecule has 0 bridgehead atoms. The van der Waals surface area contributed by atoms with Crippen LogP contribution in [0.15, 0.2) is 65.9 Å². The van der Waals surface area contributed by atoms with E-state index in [1.54, 1.807) is 17.8 Å². The molecule has 7 nitrogen and oxygen atoms in total. The van der Waals surface area contributed by atoms with Gasteiger partial charge >= 0.3 is 0 Å². The summed E-state index contributed by atoms with van der Waals surface area (Å²) in [5, 5.41) is 21.4. The SMILES string of the molecule is CCNC(=NCc1ccccc1Oc1ccc(C)cc1)NCC(C)(O)c1cnn(C)c1. The molecule has 7 heteroatoms. The molecular weight excluding hydrogens is 390 g/mol. The number of aliphatic imine (C=N–C) groups is 1. The van der Waals surface area contributed by atoms with E-state index in [2.05, 4.69) is 20.7 Å². The summed E-state index contributed by atoms with van der Waals surface area (Å²) in [4.78, 5) is 4.68. The molecule has 1 aromatic heterocycles. The second-order valence-corrected chi connectivity index (χ2v) is 7.75. The van der Waals surface area contributed by atoms with Crippen LogP contribution >= 0.6 is 0 Å². The van der Waals surface area contributed by atoms with E-state index in [1.807, 2.05) is 75.6 Å². The first kappa shape index (κ1) is 22.4. The number of hydrogen-bond donors (Lipinski definition) is 3. The Morgan fingerprint density at radius 2 is 1.90 bits per heavy atom. The predicted octanol–water partition coefficient (Wildman–Crippen LogP) is 3.48. The van der Waals surface area contributed by atoms with Gasteiger partial charge in [-0.15, -0.1) is 0 Å². The molecule has 3 N–H and O–H groups in total. The quantitative estimate of drug-likeness (QED) is 0.383. The van der Waals surface area contributed by atoms with Gasteiger partial charge in [0.15, 0.2) is 5.96 Å². The zero-order chi connectivity index (χ0) is 22.3. The number of nitrogens with zero attached hydrogens (tertiary/aromatic N) is 3. The van der Waals surface area contributed by atoms with Crippen molar-refractivity contribution in [1.82, 2.24) is 20.4 Å². The van der Waals surface area contributed by atoms with Crippen molar-refractivity contribution in [2.45, 2.75) is 32.9 Å². The van der Waals surface area contributed by atoms with E-state index in [0.29, 0.717) is 25.6 Å². The lowest BCUT2D eigenvalue weighted by molar-refractivity contribution is 0.0616. The molecule has 0 aliphatic rings. The molecule has 164 valence electrons. The van der Waals surface area contributed by atoms with E-state index in [9.17, 15) is 5.11 Å². The maximum absolute atomic E-state index is 10.8. The summed E-state index contributed by atoms with van der Waals surface area (Å²) in [6, 6.07) is 15.8. The van der Waals surface area contributed by atoms with Crippen LogP contribution in [0.25, 0.3) is 0 Å². The highest BCUT2D eigenvalue weighted by Crippen LogP contribution is 2.26. The van der Waals surface area contributed by atoms with Crippen LogP contribution in [0.2, 0.25) is 0 Å². The van der Waals surface area contributed by atoms with Crippen molar-refractivity contribution in [1.29, 1.82) is 0 Å². The van der Waals surface area contributed by atoms with Gasteiger partial charge in [-0.1, -0.05) is 35.9 Å². The molecule has 2 aromatic carbocycles. The zero-order valence-corrected chi connectivity index (χ0v) is 18.6. The van der Waals surface area contributed by atoms with Gasteiger partial charge in [0.2, 0.25) is 0 Å².